The molecule has 0 aliphatic carbocycles. The van der Waals surface area contributed by atoms with Gasteiger partial charge in [-0.15, -0.1) is 0 Å². The molecule has 0 saturated carbocycles. The van der Waals surface area contributed by atoms with Crippen molar-refractivity contribution in [3.05, 3.63) is 65.7 Å². The Balaban J connectivity index is 1.60. The third kappa shape index (κ3) is 5.65. The first-order chi connectivity index (χ1) is 13.5. The van der Waals surface area contributed by atoms with Crippen LogP contribution in [0.3, 0.4) is 0 Å². The molecular weight excluding hydrogens is 354 g/mol. The predicted molar refractivity (Wildman–Crippen MR) is 109 cm³/mol. The summed E-state index contributed by atoms with van der Waals surface area (Å²) in [7, 11) is 0. The first-order valence-corrected chi connectivity index (χ1v) is 9.60. The summed E-state index contributed by atoms with van der Waals surface area (Å²) in [6, 6.07) is 16.8. The minimum Gasteiger partial charge on any atom is -0.373 e. The molecule has 1 aliphatic rings. The minimum atomic E-state index is -0.214. The number of hydrogen-bond acceptors (Lipinski definition) is 4. The van der Waals surface area contributed by atoms with Gasteiger partial charge in [-0.3, -0.25) is 14.5 Å². The van der Waals surface area contributed by atoms with E-state index in [0.717, 1.165) is 18.7 Å². The molecule has 0 aromatic heterocycles. The van der Waals surface area contributed by atoms with Crippen molar-refractivity contribution in [3.63, 3.8) is 0 Å². The summed E-state index contributed by atoms with van der Waals surface area (Å²) in [5, 5.41) is 5.79. The fraction of sp³-hybridized carbons (Fsp3) is 0.364. The van der Waals surface area contributed by atoms with E-state index < -0.39 is 0 Å². The van der Waals surface area contributed by atoms with E-state index in [9.17, 15) is 9.59 Å². The topological polar surface area (TPSA) is 70.7 Å². The number of carbonyl (C=O) groups is 2. The number of amides is 2. The van der Waals surface area contributed by atoms with E-state index in [1.54, 1.807) is 18.2 Å². The van der Waals surface area contributed by atoms with Crippen LogP contribution in [-0.4, -0.2) is 48.6 Å². The SMILES string of the molecule is C[C@@H]1CN(CC(=O)Nc2ccccc2C(=O)NCc2ccccc2)C[C@@H](C)O1. The molecule has 0 unspecified atom stereocenters. The molecule has 2 aromatic rings. The number of benzene rings is 2. The molecule has 3 rings (SSSR count). The van der Waals surface area contributed by atoms with Gasteiger partial charge in [0.1, 0.15) is 0 Å². The van der Waals surface area contributed by atoms with Crippen molar-refractivity contribution < 1.29 is 14.3 Å². The Labute approximate surface area is 165 Å². The number of hydrogen-bond donors (Lipinski definition) is 2. The number of nitrogens with zero attached hydrogens (tertiary/aromatic N) is 1. The molecule has 1 aliphatic heterocycles. The van der Waals surface area contributed by atoms with Crippen molar-refractivity contribution in [1.29, 1.82) is 0 Å². The molecule has 6 nitrogen and oxygen atoms in total. The van der Waals surface area contributed by atoms with Crippen LogP contribution < -0.4 is 10.6 Å². The van der Waals surface area contributed by atoms with Gasteiger partial charge >= 0.3 is 0 Å². The van der Waals surface area contributed by atoms with Crippen molar-refractivity contribution in [2.45, 2.75) is 32.6 Å². The van der Waals surface area contributed by atoms with E-state index in [0.29, 0.717) is 17.8 Å². The first-order valence-electron chi connectivity index (χ1n) is 9.60. The molecule has 2 amide bonds. The standard InChI is InChI=1S/C22H27N3O3/c1-16-13-25(14-17(2)28-16)15-21(26)24-20-11-7-6-10-19(20)22(27)23-12-18-8-4-3-5-9-18/h3-11,16-17H,12-15H2,1-2H3,(H,23,27)(H,24,26)/t16-,17-/m1/s1. The second-order valence-electron chi connectivity index (χ2n) is 7.21. The van der Waals surface area contributed by atoms with Gasteiger partial charge in [-0.2, -0.15) is 0 Å². The largest absolute Gasteiger partial charge is 0.373 e. The van der Waals surface area contributed by atoms with Crippen LogP contribution in [-0.2, 0) is 16.1 Å². The zero-order chi connectivity index (χ0) is 19.9. The molecule has 0 spiro atoms. The average Bonchev–Trinajstić information content (AvgIpc) is 2.66. The summed E-state index contributed by atoms with van der Waals surface area (Å²) in [5.74, 6) is -0.349. The summed E-state index contributed by atoms with van der Waals surface area (Å²) >= 11 is 0. The molecule has 0 radical (unpaired) electrons. The van der Waals surface area contributed by atoms with E-state index in [2.05, 4.69) is 15.5 Å². The summed E-state index contributed by atoms with van der Waals surface area (Å²) in [6.07, 6.45) is 0.209. The lowest BCUT2D eigenvalue weighted by Gasteiger charge is -2.34. The van der Waals surface area contributed by atoms with Crippen LogP contribution in [0.5, 0.6) is 0 Å². The Hall–Kier alpha value is -2.70. The minimum absolute atomic E-state index is 0.104. The van der Waals surface area contributed by atoms with Crippen LogP contribution in [0.1, 0.15) is 29.8 Å². The number of rotatable bonds is 6. The molecule has 1 heterocycles. The third-order valence-corrected chi connectivity index (χ3v) is 4.60. The van der Waals surface area contributed by atoms with E-state index in [1.807, 2.05) is 50.2 Å². The highest BCUT2D eigenvalue weighted by molar-refractivity contribution is 6.04. The Morgan fingerprint density at radius 2 is 1.64 bits per heavy atom. The molecule has 1 saturated heterocycles. The van der Waals surface area contributed by atoms with Gasteiger partial charge in [-0.05, 0) is 31.5 Å². The zero-order valence-corrected chi connectivity index (χ0v) is 16.4. The average molecular weight is 381 g/mol. The Kier molecular flexibility index (Phi) is 6.79. The van der Waals surface area contributed by atoms with Gasteiger partial charge in [0.15, 0.2) is 0 Å². The van der Waals surface area contributed by atoms with E-state index in [1.165, 1.54) is 0 Å². The van der Waals surface area contributed by atoms with Gasteiger partial charge < -0.3 is 15.4 Å². The maximum Gasteiger partial charge on any atom is 0.253 e. The third-order valence-electron chi connectivity index (χ3n) is 4.60. The van der Waals surface area contributed by atoms with Crippen molar-refractivity contribution >= 4 is 17.5 Å². The molecule has 1 fully saturated rings. The van der Waals surface area contributed by atoms with Crippen molar-refractivity contribution in [2.75, 3.05) is 25.0 Å². The highest BCUT2D eigenvalue weighted by Crippen LogP contribution is 2.16. The highest BCUT2D eigenvalue weighted by atomic mass is 16.5. The number of morpholine rings is 1. The smallest absolute Gasteiger partial charge is 0.253 e. The van der Waals surface area contributed by atoms with Crippen LogP contribution in [0.2, 0.25) is 0 Å². The molecule has 2 aromatic carbocycles. The van der Waals surface area contributed by atoms with E-state index in [4.69, 9.17) is 4.74 Å². The van der Waals surface area contributed by atoms with Crippen LogP contribution in [0.4, 0.5) is 5.69 Å². The normalized spacial score (nSPS) is 19.8. The van der Waals surface area contributed by atoms with Crippen molar-refractivity contribution in [2.24, 2.45) is 0 Å². The summed E-state index contributed by atoms with van der Waals surface area (Å²) in [6.45, 7) is 6.16. The number of anilines is 1. The lowest BCUT2D eigenvalue weighted by atomic mass is 10.1. The zero-order valence-electron chi connectivity index (χ0n) is 16.4. The van der Waals surface area contributed by atoms with Crippen LogP contribution in [0, 0.1) is 0 Å². The van der Waals surface area contributed by atoms with Gasteiger partial charge in [-0.25, -0.2) is 0 Å². The second-order valence-corrected chi connectivity index (χ2v) is 7.21. The number of nitrogens with one attached hydrogen (secondary N) is 2. The fourth-order valence-electron chi connectivity index (χ4n) is 3.47. The van der Waals surface area contributed by atoms with Gasteiger partial charge in [0.05, 0.1) is 30.0 Å². The molecule has 6 heteroatoms. The van der Waals surface area contributed by atoms with E-state index in [-0.39, 0.29) is 30.6 Å². The molecule has 148 valence electrons. The molecule has 28 heavy (non-hydrogen) atoms. The second kappa shape index (κ2) is 9.48. The monoisotopic (exact) mass is 381 g/mol. The number of ether oxygens (including phenoxy) is 1. The lowest BCUT2D eigenvalue weighted by Crippen LogP contribution is -2.48. The number of carbonyl (C=O) groups excluding carboxylic acids is 2. The van der Waals surface area contributed by atoms with E-state index >= 15 is 0 Å². The predicted octanol–water partition coefficient (Wildman–Crippen LogP) is 2.66. The summed E-state index contributed by atoms with van der Waals surface area (Å²) in [4.78, 5) is 27.2. The molecule has 2 N–H and O–H groups in total. The summed E-state index contributed by atoms with van der Waals surface area (Å²) in [5.41, 5.74) is 2.00. The Morgan fingerprint density at radius 1 is 1.00 bits per heavy atom. The fourth-order valence-corrected chi connectivity index (χ4v) is 3.47. The molecule has 2 atom stereocenters. The Bertz CT molecular complexity index is 800. The van der Waals surface area contributed by atoms with Gasteiger partial charge in [0.2, 0.25) is 5.91 Å². The Morgan fingerprint density at radius 3 is 2.36 bits per heavy atom. The maximum atomic E-state index is 12.6. The molecular formula is C22H27N3O3. The lowest BCUT2D eigenvalue weighted by molar-refractivity contribution is -0.121. The van der Waals surface area contributed by atoms with Crippen LogP contribution in [0.25, 0.3) is 0 Å². The summed E-state index contributed by atoms with van der Waals surface area (Å²) < 4.78 is 5.70. The van der Waals surface area contributed by atoms with Crippen LogP contribution >= 0.6 is 0 Å². The number of para-hydroxylation sites is 1. The van der Waals surface area contributed by atoms with Gasteiger partial charge in [0, 0.05) is 19.6 Å². The van der Waals surface area contributed by atoms with Crippen molar-refractivity contribution in [3.8, 4) is 0 Å². The molecule has 0 bridgehead atoms. The van der Waals surface area contributed by atoms with Gasteiger partial charge in [0.25, 0.3) is 5.91 Å². The van der Waals surface area contributed by atoms with Crippen LogP contribution in [0.15, 0.2) is 54.6 Å². The van der Waals surface area contributed by atoms with Crippen molar-refractivity contribution in [1.82, 2.24) is 10.2 Å². The quantitative estimate of drug-likeness (QED) is 0.807. The highest BCUT2D eigenvalue weighted by Gasteiger charge is 2.24. The maximum absolute atomic E-state index is 12.6. The first kappa shape index (κ1) is 20.0. The van der Waals surface area contributed by atoms with Gasteiger partial charge in [-0.1, -0.05) is 42.5 Å².